The highest BCUT2D eigenvalue weighted by Gasteiger charge is 1.95. The molecule has 0 aromatic rings. The Morgan fingerprint density at radius 1 is 1.14 bits per heavy atom. The Balaban J connectivity index is 3.30. The molecular formula is C12H20O2. The van der Waals surface area contributed by atoms with Gasteiger partial charge in [-0.1, -0.05) is 38.7 Å². The second kappa shape index (κ2) is 10.2. The lowest BCUT2D eigenvalue weighted by Crippen LogP contribution is -1.92. The maximum Gasteiger partial charge on any atom is 0.155 e. The van der Waals surface area contributed by atoms with Crippen molar-refractivity contribution in [3.8, 4) is 0 Å². The summed E-state index contributed by atoms with van der Waals surface area (Å²) in [6.07, 6.45) is 10.7. The molecule has 0 aliphatic heterocycles. The fraction of sp³-hybridized carbons (Fsp3) is 0.667. The maximum atomic E-state index is 11.1. The van der Waals surface area contributed by atoms with E-state index in [4.69, 9.17) is 0 Å². The first-order valence-electron chi connectivity index (χ1n) is 5.44. The van der Waals surface area contributed by atoms with E-state index in [9.17, 15) is 9.59 Å². The van der Waals surface area contributed by atoms with Crippen molar-refractivity contribution in [2.75, 3.05) is 0 Å². The van der Waals surface area contributed by atoms with Crippen LogP contribution in [0, 0.1) is 0 Å². The molecule has 0 spiro atoms. The monoisotopic (exact) mass is 196 g/mol. The van der Waals surface area contributed by atoms with Crippen molar-refractivity contribution in [1.82, 2.24) is 0 Å². The number of carbonyl (C=O) groups is 2. The molecule has 0 amide bonds. The van der Waals surface area contributed by atoms with Crippen LogP contribution in [0.5, 0.6) is 0 Å². The first-order valence-corrected chi connectivity index (χ1v) is 5.44. The third kappa shape index (κ3) is 9.17. The van der Waals surface area contributed by atoms with Gasteiger partial charge in [-0.15, -0.1) is 0 Å². The fourth-order valence-corrected chi connectivity index (χ4v) is 1.24. The normalized spacial score (nSPS) is 10.6. The van der Waals surface area contributed by atoms with Gasteiger partial charge in [-0.2, -0.15) is 0 Å². The van der Waals surface area contributed by atoms with E-state index >= 15 is 0 Å². The molecule has 80 valence electrons. The van der Waals surface area contributed by atoms with Crippen LogP contribution in [0.1, 0.15) is 51.9 Å². The average Bonchev–Trinajstić information content (AvgIpc) is 2.18. The van der Waals surface area contributed by atoms with Crippen molar-refractivity contribution in [2.45, 2.75) is 51.9 Å². The van der Waals surface area contributed by atoms with E-state index in [1.165, 1.54) is 25.3 Å². The van der Waals surface area contributed by atoms with E-state index < -0.39 is 0 Å². The summed E-state index contributed by atoms with van der Waals surface area (Å²) in [7, 11) is 0. The number of hydrogen-bond acceptors (Lipinski definition) is 2. The second-order valence-electron chi connectivity index (χ2n) is 3.44. The van der Waals surface area contributed by atoms with Crippen LogP contribution in [0.2, 0.25) is 0 Å². The van der Waals surface area contributed by atoms with Gasteiger partial charge in [0.2, 0.25) is 0 Å². The number of unbranched alkanes of at least 4 members (excludes halogenated alkanes) is 4. The number of carbonyl (C=O) groups excluding carboxylic acids is 2. The van der Waals surface area contributed by atoms with Gasteiger partial charge in [0.1, 0.15) is 6.29 Å². The van der Waals surface area contributed by atoms with Gasteiger partial charge < -0.3 is 4.79 Å². The minimum Gasteiger partial charge on any atom is -0.303 e. The Morgan fingerprint density at radius 3 is 2.50 bits per heavy atom. The number of allylic oxidation sites excluding steroid dienone is 2. The molecule has 14 heavy (non-hydrogen) atoms. The van der Waals surface area contributed by atoms with Crippen LogP contribution in [0.3, 0.4) is 0 Å². The van der Waals surface area contributed by atoms with Crippen molar-refractivity contribution in [3.05, 3.63) is 12.2 Å². The standard InChI is InChI=1S/C12H20O2/c1-2-3-4-5-6-9-12(14)10-7-8-11-13/h7,10-11H,2-6,8-9H2,1H3. The zero-order valence-corrected chi connectivity index (χ0v) is 9.00. The van der Waals surface area contributed by atoms with Crippen molar-refractivity contribution in [1.29, 1.82) is 0 Å². The molecule has 0 fully saturated rings. The van der Waals surface area contributed by atoms with Gasteiger partial charge in [-0.25, -0.2) is 0 Å². The molecule has 0 bridgehead atoms. The Hall–Kier alpha value is -0.920. The highest BCUT2D eigenvalue weighted by molar-refractivity contribution is 5.89. The van der Waals surface area contributed by atoms with E-state index in [1.807, 2.05) is 0 Å². The van der Waals surface area contributed by atoms with Crippen LogP contribution in [0.25, 0.3) is 0 Å². The number of hydrogen-bond donors (Lipinski definition) is 0. The first kappa shape index (κ1) is 13.1. The topological polar surface area (TPSA) is 34.1 Å². The molecule has 0 saturated heterocycles. The van der Waals surface area contributed by atoms with E-state index in [1.54, 1.807) is 6.08 Å². The van der Waals surface area contributed by atoms with Crippen molar-refractivity contribution >= 4 is 12.1 Å². The molecule has 0 N–H and O–H groups in total. The number of aldehydes is 1. The quantitative estimate of drug-likeness (QED) is 0.322. The molecule has 0 radical (unpaired) electrons. The average molecular weight is 196 g/mol. The van der Waals surface area contributed by atoms with Gasteiger partial charge in [-0.05, 0) is 12.5 Å². The summed E-state index contributed by atoms with van der Waals surface area (Å²) < 4.78 is 0. The van der Waals surface area contributed by atoms with Crippen LogP contribution >= 0.6 is 0 Å². The molecule has 0 unspecified atom stereocenters. The summed E-state index contributed by atoms with van der Waals surface area (Å²) in [5.74, 6) is 0.142. The maximum absolute atomic E-state index is 11.1. The molecule has 2 heteroatoms. The predicted molar refractivity (Wildman–Crippen MR) is 58.2 cm³/mol. The third-order valence-corrected chi connectivity index (χ3v) is 2.06. The molecule has 0 heterocycles. The van der Waals surface area contributed by atoms with Crippen LogP contribution in [-0.2, 0) is 9.59 Å². The van der Waals surface area contributed by atoms with Gasteiger partial charge in [0.15, 0.2) is 5.78 Å². The minimum absolute atomic E-state index is 0.142. The molecule has 0 aliphatic carbocycles. The fourth-order valence-electron chi connectivity index (χ4n) is 1.24. The number of ketones is 1. The zero-order chi connectivity index (χ0) is 10.6. The molecular weight excluding hydrogens is 176 g/mol. The highest BCUT2D eigenvalue weighted by atomic mass is 16.1. The summed E-state index contributed by atoms with van der Waals surface area (Å²) in [5.41, 5.74) is 0. The Morgan fingerprint density at radius 2 is 1.86 bits per heavy atom. The molecule has 0 atom stereocenters. The van der Waals surface area contributed by atoms with Gasteiger partial charge >= 0.3 is 0 Å². The summed E-state index contributed by atoms with van der Waals surface area (Å²) in [4.78, 5) is 21.1. The molecule has 0 saturated carbocycles. The molecule has 0 aromatic carbocycles. The first-order chi connectivity index (χ1) is 6.81. The smallest absolute Gasteiger partial charge is 0.155 e. The van der Waals surface area contributed by atoms with Crippen molar-refractivity contribution in [2.24, 2.45) is 0 Å². The molecule has 0 rings (SSSR count). The third-order valence-electron chi connectivity index (χ3n) is 2.06. The van der Waals surface area contributed by atoms with Crippen LogP contribution in [0.4, 0.5) is 0 Å². The Bertz CT molecular complexity index is 183. The van der Waals surface area contributed by atoms with Crippen LogP contribution < -0.4 is 0 Å². The summed E-state index contributed by atoms with van der Waals surface area (Å²) in [5, 5.41) is 0. The van der Waals surface area contributed by atoms with Crippen LogP contribution in [0.15, 0.2) is 12.2 Å². The zero-order valence-electron chi connectivity index (χ0n) is 9.00. The molecule has 0 aliphatic rings. The SMILES string of the molecule is CCCCCCCC(=O)C=CCC=O. The summed E-state index contributed by atoms with van der Waals surface area (Å²) in [6, 6.07) is 0. The van der Waals surface area contributed by atoms with Gasteiger partial charge in [0.25, 0.3) is 0 Å². The van der Waals surface area contributed by atoms with Crippen molar-refractivity contribution in [3.63, 3.8) is 0 Å². The van der Waals surface area contributed by atoms with E-state index in [0.29, 0.717) is 12.8 Å². The Labute approximate surface area is 86.4 Å². The predicted octanol–water partition coefficient (Wildman–Crippen LogP) is 3.06. The Kier molecular flexibility index (Phi) is 9.49. The lowest BCUT2D eigenvalue weighted by atomic mass is 10.1. The van der Waals surface area contributed by atoms with Gasteiger partial charge in [-0.3, -0.25) is 4.79 Å². The van der Waals surface area contributed by atoms with E-state index in [2.05, 4.69) is 6.92 Å². The highest BCUT2D eigenvalue weighted by Crippen LogP contribution is 2.05. The summed E-state index contributed by atoms with van der Waals surface area (Å²) in [6.45, 7) is 2.17. The molecule has 2 nitrogen and oxygen atoms in total. The second-order valence-corrected chi connectivity index (χ2v) is 3.44. The number of rotatable bonds is 9. The molecule has 0 aromatic heterocycles. The van der Waals surface area contributed by atoms with E-state index in [0.717, 1.165) is 19.1 Å². The lowest BCUT2D eigenvalue weighted by Gasteiger charge is -1.96. The van der Waals surface area contributed by atoms with E-state index in [-0.39, 0.29) is 5.78 Å². The van der Waals surface area contributed by atoms with Crippen LogP contribution in [-0.4, -0.2) is 12.1 Å². The minimum atomic E-state index is 0.142. The summed E-state index contributed by atoms with van der Waals surface area (Å²) >= 11 is 0. The van der Waals surface area contributed by atoms with Crippen molar-refractivity contribution < 1.29 is 9.59 Å². The largest absolute Gasteiger partial charge is 0.303 e. The van der Waals surface area contributed by atoms with Gasteiger partial charge in [0.05, 0.1) is 0 Å². The van der Waals surface area contributed by atoms with Gasteiger partial charge in [0, 0.05) is 12.8 Å². The lowest BCUT2D eigenvalue weighted by molar-refractivity contribution is -0.114.